The largest absolute Gasteiger partial charge is 0.444 e. The first-order chi connectivity index (χ1) is 10.3. The summed E-state index contributed by atoms with van der Waals surface area (Å²) in [4.78, 5) is 31.5. The van der Waals surface area contributed by atoms with Crippen LogP contribution in [-0.2, 0) is 4.74 Å². The molecule has 0 unspecified atom stereocenters. The molecule has 2 heterocycles. The molecule has 120 valence electrons. The van der Waals surface area contributed by atoms with Crippen molar-refractivity contribution >= 4 is 17.8 Å². The summed E-state index contributed by atoms with van der Waals surface area (Å²) < 4.78 is 5.33. The summed E-state index contributed by atoms with van der Waals surface area (Å²) in [5, 5.41) is 0. The SMILES string of the molecule is CC(C)(C)OC(=O)N1CCN(C(=O)c2ccc(N)nc2)CC1. The Morgan fingerprint density at radius 3 is 2.23 bits per heavy atom. The summed E-state index contributed by atoms with van der Waals surface area (Å²) in [6.45, 7) is 7.37. The quantitative estimate of drug-likeness (QED) is 0.846. The van der Waals surface area contributed by atoms with Crippen LogP contribution in [0.1, 0.15) is 31.1 Å². The molecule has 0 bridgehead atoms. The van der Waals surface area contributed by atoms with Gasteiger partial charge in [-0.1, -0.05) is 0 Å². The smallest absolute Gasteiger partial charge is 0.410 e. The Hall–Kier alpha value is -2.31. The van der Waals surface area contributed by atoms with Crippen molar-refractivity contribution in [1.82, 2.24) is 14.8 Å². The van der Waals surface area contributed by atoms with Crippen LogP contribution in [0.5, 0.6) is 0 Å². The van der Waals surface area contributed by atoms with E-state index in [1.54, 1.807) is 21.9 Å². The van der Waals surface area contributed by atoms with Gasteiger partial charge in [0.25, 0.3) is 5.91 Å². The van der Waals surface area contributed by atoms with Crippen LogP contribution in [0.4, 0.5) is 10.6 Å². The number of rotatable bonds is 1. The third-order valence-corrected chi connectivity index (χ3v) is 3.25. The molecule has 1 saturated heterocycles. The topological polar surface area (TPSA) is 88.8 Å². The van der Waals surface area contributed by atoms with Crippen LogP contribution in [0.15, 0.2) is 18.3 Å². The second-order valence-corrected chi connectivity index (χ2v) is 6.23. The highest BCUT2D eigenvalue weighted by molar-refractivity contribution is 5.94. The lowest BCUT2D eigenvalue weighted by Crippen LogP contribution is -2.51. The maximum absolute atomic E-state index is 12.3. The van der Waals surface area contributed by atoms with Crippen LogP contribution >= 0.6 is 0 Å². The Morgan fingerprint density at radius 1 is 1.14 bits per heavy atom. The van der Waals surface area contributed by atoms with Crippen LogP contribution in [0, 0.1) is 0 Å². The second kappa shape index (κ2) is 6.21. The molecule has 1 fully saturated rings. The minimum atomic E-state index is -0.514. The van der Waals surface area contributed by atoms with E-state index in [0.717, 1.165) is 0 Å². The number of anilines is 1. The molecule has 7 heteroatoms. The summed E-state index contributed by atoms with van der Waals surface area (Å²) in [5.74, 6) is 0.280. The lowest BCUT2D eigenvalue weighted by molar-refractivity contribution is 0.0141. The molecule has 1 aromatic rings. The molecule has 0 saturated carbocycles. The number of hydrogen-bond donors (Lipinski definition) is 1. The number of nitrogens with two attached hydrogens (primary N) is 1. The first-order valence-corrected chi connectivity index (χ1v) is 7.25. The molecule has 2 rings (SSSR count). The van der Waals surface area contributed by atoms with Crippen molar-refractivity contribution in [2.75, 3.05) is 31.9 Å². The van der Waals surface area contributed by atoms with Gasteiger partial charge in [0.05, 0.1) is 5.56 Å². The van der Waals surface area contributed by atoms with Gasteiger partial charge in [-0.05, 0) is 32.9 Å². The zero-order valence-corrected chi connectivity index (χ0v) is 13.2. The standard InChI is InChI=1S/C15H22N4O3/c1-15(2,3)22-14(21)19-8-6-18(7-9-19)13(20)11-4-5-12(16)17-10-11/h4-5,10H,6-9H2,1-3H3,(H2,16,17). The predicted octanol–water partition coefficient (Wildman–Crippen LogP) is 1.36. The van der Waals surface area contributed by atoms with Crippen molar-refractivity contribution in [2.24, 2.45) is 0 Å². The number of hydrogen-bond acceptors (Lipinski definition) is 5. The maximum Gasteiger partial charge on any atom is 0.410 e. The van der Waals surface area contributed by atoms with Gasteiger partial charge >= 0.3 is 6.09 Å². The van der Waals surface area contributed by atoms with E-state index in [1.165, 1.54) is 6.20 Å². The van der Waals surface area contributed by atoms with E-state index in [1.807, 2.05) is 20.8 Å². The summed E-state index contributed by atoms with van der Waals surface area (Å²) in [6.07, 6.45) is 1.13. The molecule has 22 heavy (non-hydrogen) atoms. The van der Waals surface area contributed by atoms with E-state index >= 15 is 0 Å². The molecule has 2 N–H and O–H groups in total. The number of ether oxygens (including phenoxy) is 1. The molecule has 1 aliphatic rings. The van der Waals surface area contributed by atoms with Crippen LogP contribution in [-0.4, -0.2) is 58.6 Å². The zero-order valence-electron chi connectivity index (χ0n) is 13.2. The molecular formula is C15H22N4O3. The first-order valence-electron chi connectivity index (χ1n) is 7.25. The third kappa shape index (κ3) is 4.09. The van der Waals surface area contributed by atoms with Crippen molar-refractivity contribution in [3.8, 4) is 0 Å². The van der Waals surface area contributed by atoms with Crippen LogP contribution in [0.25, 0.3) is 0 Å². The van der Waals surface area contributed by atoms with Crippen molar-refractivity contribution in [2.45, 2.75) is 26.4 Å². The average Bonchev–Trinajstić information content (AvgIpc) is 2.46. The number of amides is 2. The summed E-state index contributed by atoms with van der Waals surface area (Å²) in [6, 6.07) is 3.26. The number of nitrogen functional groups attached to an aromatic ring is 1. The number of aromatic nitrogens is 1. The molecule has 1 aliphatic heterocycles. The molecule has 2 amide bonds. The normalized spacial score (nSPS) is 15.6. The van der Waals surface area contributed by atoms with E-state index in [2.05, 4.69) is 4.98 Å². The highest BCUT2D eigenvalue weighted by atomic mass is 16.6. The Bertz CT molecular complexity index is 543. The van der Waals surface area contributed by atoms with Crippen molar-refractivity contribution < 1.29 is 14.3 Å². The monoisotopic (exact) mass is 306 g/mol. The molecule has 0 atom stereocenters. The van der Waals surface area contributed by atoms with E-state index < -0.39 is 5.60 Å². The summed E-state index contributed by atoms with van der Waals surface area (Å²) in [5.41, 5.74) is 5.50. The average molecular weight is 306 g/mol. The summed E-state index contributed by atoms with van der Waals surface area (Å²) >= 11 is 0. The minimum Gasteiger partial charge on any atom is -0.444 e. The van der Waals surface area contributed by atoms with Crippen LogP contribution in [0.3, 0.4) is 0 Å². The van der Waals surface area contributed by atoms with Crippen molar-refractivity contribution in [1.29, 1.82) is 0 Å². The fourth-order valence-electron chi connectivity index (χ4n) is 2.13. The zero-order chi connectivity index (χ0) is 16.3. The molecule has 1 aromatic heterocycles. The molecule has 0 aromatic carbocycles. The van der Waals surface area contributed by atoms with Gasteiger partial charge in [-0.25, -0.2) is 9.78 Å². The van der Waals surface area contributed by atoms with Gasteiger partial charge in [0, 0.05) is 32.4 Å². The van der Waals surface area contributed by atoms with Gasteiger partial charge < -0.3 is 20.3 Å². The minimum absolute atomic E-state index is 0.101. The third-order valence-electron chi connectivity index (χ3n) is 3.25. The van der Waals surface area contributed by atoms with E-state index in [9.17, 15) is 9.59 Å². The Balaban J connectivity index is 1.90. The molecular weight excluding hydrogens is 284 g/mol. The van der Waals surface area contributed by atoms with Gasteiger partial charge in [-0.15, -0.1) is 0 Å². The fraction of sp³-hybridized carbons (Fsp3) is 0.533. The van der Waals surface area contributed by atoms with Gasteiger partial charge in [-0.3, -0.25) is 4.79 Å². The highest BCUT2D eigenvalue weighted by Gasteiger charge is 2.28. The first kappa shape index (κ1) is 16.1. The molecule has 0 aliphatic carbocycles. The number of carbonyl (C=O) groups is 2. The number of pyridine rings is 1. The van der Waals surface area contributed by atoms with Crippen LogP contribution < -0.4 is 5.73 Å². The van der Waals surface area contributed by atoms with Gasteiger partial charge in [0.15, 0.2) is 0 Å². The Kier molecular flexibility index (Phi) is 4.54. The highest BCUT2D eigenvalue weighted by Crippen LogP contribution is 2.13. The maximum atomic E-state index is 12.3. The number of nitrogens with zero attached hydrogens (tertiary/aromatic N) is 3. The van der Waals surface area contributed by atoms with Crippen molar-refractivity contribution in [3.05, 3.63) is 23.9 Å². The van der Waals surface area contributed by atoms with E-state index in [0.29, 0.717) is 37.6 Å². The fourth-order valence-corrected chi connectivity index (χ4v) is 2.13. The van der Waals surface area contributed by atoms with Crippen molar-refractivity contribution in [3.63, 3.8) is 0 Å². The van der Waals surface area contributed by atoms with Gasteiger partial charge in [0.1, 0.15) is 11.4 Å². The van der Waals surface area contributed by atoms with Gasteiger partial charge in [0.2, 0.25) is 0 Å². The number of piperazine rings is 1. The van der Waals surface area contributed by atoms with Crippen LogP contribution in [0.2, 0.25) is 0 Å². The molecule has 0 radical (unpaired) electrons. The van der Waals surface area contributed by atoms with E-state index in [4.69, 9.17) is 10.5 Å². The predicted molar refractivity (Wildman–Crippen MR) is 82.4 cm³/mol. The molecule has 7 nitrogen and oxygen atoms in total. The lowest BCUT2D eigenvalue weighted by atomic mass is 10.2. The second-order valence-electron chi connectivity index (χ2n) is 6.23. The summed E-state index contributed by atoms with van der Waals surface area (Å²) in [7, 11) is 0. The lowest BCUT2D eigenvalue weighted by Gasteiger charge is -2.35. The number of carbonyl (C=O) groups excluding carboxylic acids is 2. The Labute approximate surface area is 130 Å². The molecule has 0 spiro atoms. The van der Waals surface area contributed by atoms with E-state index in [-0.39, 0.29) is 12.0 Å². The van der Waals surface area contributed by atoms with Gasteiger partial charge in [-0.2, -0.15) is 0 Å². The Morgan fingerprint density at radius 2 is 1.73 bits per heavy atom.